The van der Waals surface area contributed by atoms with Crippen LogP contribution in [0.2, 0.25) is 0 Å². The summed E-state index contributed by atoms with van der Waals surface area (Å²) in [5.41, 5.74) is 1.18. The van der Waals surface area contributed by atoms with E-state index in [0.29, 0.717) is 11.0 Å². The molecule has 0 radical (unpaired) electrons. The summed E-state index contributed by atoms with van der Waals surface area (Å²) in [6.45, 7) is 5.29. The first-order chi connectivity index (χ1) is 14.1. The first-order valence-electron chi connectivity index (χ1n) is 10.9. The van der Waals surface area contributed by atoms with E-state index in [1.807, 2.05) is 37.3 Å². The molecule has 3 heterocycles. The van der Waals surface area contributed by atoms with E-state index in [2.05, 4.69) is 26.7 Å². The van der Waals surface area contributed by atoms with E-state index in [4.69, 9.17) is 4.42 Å². The van der Waals surface area contributed by atoms with E-state index >= 15 is 0 Å². The smallest absolute Gasteiger partial charge is 0.287 e. The average Bonchev–Trinajstić information content (AvgIpc) is 3.46. The maximum Gasteiger partial charge on any atom is 0.287 e. The third kappa shape index (κ3) is 5.07. The summed E-state index contributed by atoms with van der Waals surface area (Å²) in [6, 6.07) is 2.20. The van der Waals surface area contributed by atoms with E-state index in [0.717, 1.165) is 62.7 Å². The maximum absolute atomic E-state index is 12.8. The predicted molar refractivity (Wildman–Crippen MR) is 115 cm³/mol. The number of carbonyl (C=O) groups is 1. The highest BCUT2D eigenvalue weighted by molar-refractivity contribution is 7.99. The van der Waals surface area contributed by atoms with Gasteiger partial charge in [0.25, 0.3) is 5.91 Å². The van der Waals surface area contributed by atoms with Crippen LogP contribution in [0.1, 0.15) is 67.3 Å². The minimum Gasteiger partial charge on any atom is -0.456 e. The number of aryl methyl sites for hydroxylation is 2. The van der Waals surface area contributed by atoms with Gasteiger partial charge < -0.3 is 14.3 Å². The summed E-state index contributed by atoms with van der Waals surface area (Å²) in [7, 11) is 2.03. The number of aromatic nitrogens is 2. The number of likely N-dealkylation sites (tertiary alicyclic amines) is 1. The van der Waals surface area contributed by atoms with Crippen molar-refractivity contribution in [1.29, 1.82) is 0 Å². The molecule has 1 saturated carbocycles. The molecule has 1 saturated heterocycles. The molecule has 0 bridgehead atoms. The largest absolute Gasteiger partial charge is 0.456 e. The molecule has 7 heteroatoms. The van der Waals surface area contributed by atoms with Gasteiger partial charge >= 0.3 is 0 Å². The molecule has 2 aromatic rings. The van der Waals surface area contributed by atoms with Crippen molar-refractivity contribution >= 4 is 17.7 Å². The van der Waals surface area contributed by atoms with Crippen molar-refractivity contribution in [2.24, 2.45) is 7.05 Å². The first kappa shape index (κ1) is 20.5. The topological polar surface area (TPSA) is 63.3 Å². The minimum absolute atomic E-state index is 0.0624. The second kappa shape index (κ2) is 9.39. The van der Waals surface area contributed by atoms with Gasteiger partial charge in [-0.3, -0.25) is 9.69 Å². The van der Waals surface area contributed by atoms with Gasteiger partial charge in [-0.05, 0) is 57.7 Å². The van der Waals surface area contributed by atoms with E-state index in [1.165, 1.54) is 18.4 Å². The average molecular weight is 417 g/mol. The Bertz CT molecular complexity index is 817. The molecule has 1 amide bonds. The Labute approximate surface area is 177 Å². The van der Waals surface area contributed by atoms with E-state index in [9.17, 15) is 4.79 Å². The van der Waals surface area contributed by atoms with Crippen molar-refractivity contribution in [2.75, 3.05) is 13.1 Å². The molecule has 2 fully saturated rings. The zero-order valence-electron chi connectivity index (χ0n) is 17.5. The van der Waals surface area contributed by atoms with Gasteiger partial charge in [-0.25, -0.2) is 4.98 Å². The van der Waals surface area contributed by atoms with Gasteiger partial charge in [-0.15, -0.1) is 0 Å². The number of nitrogens with one attached hydrogen (secondary N) is 1. The molecule has 1 aliphatic carbocycles. The lowest BCUT2D eigenvalue weighted by atomic mass is 9.95. The molecular formula is C22H32N4O2S. The zero-order chi connectivity index (χ0) is 20.2. The van der Waals surface area contributed by atoms with Crippen LogP contribution in [-0.2, 0) is 20.0 Å². The van der Waals surface area contributed by atoms with Crippen LogP contribution in [0.4, 0.5) is 0 Å². The zero-order valence-corrected chi connectivity index (χ0v) is 18.3. The molecule has 0 spiro atoms. The normalized spacial score (nSPS) is 22.8. The summed E-state index contributed by atoms with van der Waals surface area (Å²) in [5.74, 6) is 1.37. The highest BCUT2D eigenvalue weighted by Gasteiger charge is 2.26. The fraction of sp³-hybridized carbons (Fsp3) is 0.636. The van der Waals surface area contributed by atoms with Crippen molar-refractivity contribution < 1.29 is 9.21 Å². The van der Waals surface area contributed by atoms with Crippen molar-refractivity contribution in [1.82, 2.24) is 19.8 Å². The second-order valence-electron chi connectivity index (χ2n) is 8.28. The Morgan fingerprint density at radius 1 is 1.28 bits per heavy atom. The number of nitrogens with zero attached hydrogens (tertiary/aromatic N) is 3. The van der Waals surface area contributed by atoms with Crippen LogP contribution in [0.15, 0.2) is 28.0 Å². The molecule has 1 N–H and O–H groups in total. The Morgan fingerprint density at radius 2 is 2.03 bits per heavy atom. The van der Waals surface area contributed by atoms with Crippen LogP contribution >= 0.6 is 11.8 Å². The Balaban J connectivity index is 1.29. The highest BCUT2D eigenvalue weighted by Crippen LogP contribution is 2.33. The fourth-order valence-corrected chi connectivity index (χ4v) is 5.54. The monoisotopic (exact) mass is 416 g/mol. The third-order valence-electron chi connectivity index (χ3n) is 6.09. The van der Waals surface area contributed by atoms with Gasteiger partial charge in [0.05, 0.1) is 0 Å². The Hall–Kier alpha value is -1.73. The lowest BCUT2D eigenvalue weighted by Gasteiger charge is -2.28. The van der Waals surface area contributed by atoms with Crippen molar-refractivity contribution in [3.63, 3.8) is 0 Å². The molecule has 2 aromatic heterocycles. The number of amides is 1. The van der Waals surface area contributed by atoms with E-state index in [1.54, 1.807) is 0 Å². The molecule has 0 atom stereocenters. The standard InChI is InChI=1S/C22H32N4O2S/c1-3-19-16(15-26-11-4-5-12-26)14-20(28-19)21(27)24-17-6-8-18(9-7-17)29-22-23-10-13-25(22)2/h10,13-14,17-18H,3-9,11-12,15H2,1-2H3,(H,24,27). The van der Waals surface area contributed by atoms with Crippen molar-refractivity contribution in [3.8, 4) is 0 Å². The fourth-order valence-electron chi connectivity index (χ4n) is 4.39. The number of imidazole rings is 1. The van der Waals surface area contributed by atoms with Crippen LogP contribution in [-0.4, -0.2) is 44.7 Å². The summed E-state index contributed by atoms with van der Waals surface area (Å²) in [4.78, 5) is 19.6. The third-order valence-corrected chi connectivity index (χ3v) is 7.50. The Kier molecular flexibility index (Phi) is 6.65. The molecule has 6 nitrogen and oxygen atoms in total. The summed E-state index contributed by atoms with van der Waals surface area (Å²) >= 11 is 1.85. The lowest BCUT2D eigenvalue weighted by Crippen LogP contribution is -2.38. The summed E-state index contributed by atoms with van der Waals surface area (Å²) in [6.07, 6.45) is 11.4. The van der Waals surface area contributed by atoms with Crippen molar-refractivity contribution in [2.45, 2.75) is 74.9 Å². The van der Waals surface area contributed by atoms with Crippen molar-refractivity contribution in [3.05, 3.63) is 35.5 Å². The molecule has 1 aliphatic heterocycles. The maximum atomic E-state index is 12.8. The number of rotatable bonds is 7. The minimum atomic E-state index is -0.0624. The molecule has 2 aliphatic rings. The number of carbonyl (C=O) groups excluding carboxylic acids is 1. The van der Waals surface area contributed by atoms with Gasteiger partial charge in [0.2, 0.25) is 0 Å². The number of furan rings is 1. The highest BCUT2D eigenvalue weighted by atomic mass is 32.2. The van der Waals surface area contributed by atoms with Gasteiger partial charge in [-0.2, -0.15) is 0 Å². The summed E-state index contributed by atoms with van der Waals surface area (Å²) < 4.78 is 8.00. The predicted octanol–water partition coefficient (Wildman–Crippen LogP) is 4.00. The molecule has 0 unspecified atom stereocenters. The molecule has 158 valence electrons. The summed E-state index contributed by atoms with van der Waals surface area (Å²) in [5, 5.41) is 4.86. The lowest BCUT2D eigenvalue weighted by molar-refractivity contribution is 0.0898. The first-order valence-corrected chi connectivity index (χ1v) is 11.8. The quantitative estimate of drug-likeness (QED) is 0.739. The van der Waals surface area contributed by atoms with Gasteiger partial charge in [0, 0.05) is 49.3 Å². The molecular weight excluding hydrogens is 384 g/mol. The Morgan fingerprint density at radius 3 is 2.69 bits per heavy atom. The van der Waals surface area contributed by atoms with Crippen LogP contribution < -0.4 is 5.32 Å². The number of thioether (sulfide) groups is 1. The molecule has 0 aromatic carbocycles. The van der Waals surface area contributed by atoms with Crippen LogP contribution in [0, 0.1) is 0 Å². The number of hydrogen-bond acceptors (Lipinski definition) is 5. The number of hydrogen-bond donors (Lipinski definition) is 1. The van der Waals surface area contributed by atoms with Gasteiger partial charge in [0.15, 0.2) is 10.9 Å². The van der Waals surface area contributed by atoms with Crippen LogP contribution in [0.5, 0.6) is 0 Å². The molecule has 29 heavy (non-hydrogen) atoms. The SMILES string of the molecule is CCc1oc(C(=O)NC2CCC(Sc3nccn3C)CC2)cc1CN1CCCC1. The second-order valence-corrected chi connectivity index (χ2v) is 9.55. The molecule has 4 rings (SSSR count). The van der Waals surface area contributed by atoms with Crippen LogP contribution in [0.25, 0.3) is 0 Å². The van der Waals surface area contributed by atoms with Gasteiger partial charge in [-0.1, -0.05) is 18.7 Å². The van der Waals surface area contributed by atoms with Gasteiger partial charge in [0.1, 0.15) is 5.76 Å². The van der Waals surface area contributed by atoms with Crippen LogP contribution in [0.3, 0.4) is 0 Å². The van der Waals surface area contributed by atoms with E-state index in [-0.39, 0.29) is 11.9 Å². The van der Waals surface area contributed by atoms with E-state index < -0.39 is 0 Å².